The predicted molar refractivity (Wildman–Crippen MR) is 78.0 cm³/mol. The number of rotatable bonds is 7. The van der Waals surface area contributed by atoms with Gasteiger partial charge in [0.2, 0.25) is 0 Å². The zero-order chi connectivity index (χ0) is 12.7. The number of halogens is 2. The fourth-order valence-corrected chi connectivity index (χ4v) is 2.48. The predicted octanol–water partition coefficient (Wildman–Crippen LogP) is 5.71. The fraction of sp³-hybridized carbons (Fsp3) is 0.571. The molecule has 3 heteroatoms. The zero-order valence-electron chi connectivity index (χ0n) is 10.5. The monoisotopic (exact) mass is 318 g/mol. The zero-order valence-corrected chi connectivity index (χ0v) is 12.9. The first-order valence-electron chi connectivity index (χ1n) is 6.25. The van der Waals surface area contributed by atoms with Crippen molar-refractivity contribution in [3.63, 3.8) is 0 Å². The molecule has 0 aliphatic heterocycles. The molecule has 0 fully saturated rings. The molecular weight excluding hydrogens is 300 g/mol. The van der Waals surface area contributed by atoms with Crippen LogP contribution in [0.4, 0.5) is 0 Å². The van der Waals surface area contributed by atoms with Gasteiger partial charge >= 0.3 is 0 Å². The molecule has 0 bridgehead atoms. The first-order chi connectivity index (χ1) is 8.19. The van der Waals surface area contributed by atoms with Crippen molar-refractivity contribution in [2.45, 2.75) is 44.9 Å². The summed E-state index contributed by atoms with van der Waals surface area (Å²) in [5.74, 6) is 0.909. The van der Waals surface area contributed by atoms with Gasteiger partial charge in [-0.3, -0.25) is 0 Å². The molecule has 0 saturated carbocycles. The topological polar surface area (TPSA) is 9.23 Å². The molecule has 0 heterocycles. The molecular formula is C14H20BrClO. The van der Waals surface area contributed by atoms with Gasteiger partial charge in [-0.15, -0.1) is 11.6 Å². The molecule has 0 spiro atoms. The van der Waals surface area contributed by atoms with E-state index in [1.165, 1.54) is 19.3 Å². The number of hydrogen-bond donors (Lipinski definition) is 0. The van der Waals surface area contributed by atoms with Crippen LogP contribution in [-0.2, 0) is 0 Å². The van der Waals surface area contributed by atoms with Crippen LogP contribution in [0, 0.1) is 0 Å². The summed E-state index contributed by atoms with van der Waals surface area (Å²) in [6.45, 7) is 4.87. The quantitative estimate of drug-likeness (QED) is 0.462. The Hall–Kier alpha value is -0.210. The summed E-state index contributed by atoms with van der Waals surface area (Å²) >= 11 is 9.94. The average Bonchev–Trinajstić information content (AvgIpc) is 2.32. The van der Waals surface area contributed by atoms with Crippen LogP contribution >= 0.6 is 27.5 Å². The molecule has 0 aromatic heterocycles. The van der Waals surface area contributed by atoms with Gasteiger partial charge in [-0.2, -0.15) is 0 Å². The Bertz CT molecular complexity index is 341. The molecule has 1 atom stereocenters. The van der Waals surface area contributed by atoms with Crippen molar-refractivity contribution >= 4 is 27.5 Å². The first-order valence-corrected chi connectivity index (χ1v) is 7.48. The minimum absolute atomic E-state index is 0.0422. The van der Waals surface area contributed by atoms with E-state index in [9.17, 15) is 0 Å². The maximum Gasteiger partial charge on any atom is 0.124 e. The molecule has 0 saturated heterocycles. The molecule has 1 nitrogen and oxygen atoms in total. The Kier molecular flexibility index (Phi) is 6.98. The molecule has 17 heavy (non-hydrogen) atoms. The van der Waals surface area contributed by atoms with Gasteiger partial charge in [0.05, 0.1) is 12.0 Å². The third-order valence-electron chi connectivity index (χ3n) is 2.67. The third-order valence-corrected chi connectivity index (χ3v) is 3.62. The highest BCUT2D eigenvalue weighted by molar-refractivity contribution is 9.10. The molecule has 1 aromatic carbocycles. The number of hydrogen-bond acceptors (Lipinski definition) is 1. The molecule has 1 aromatic rings. The largest absolute Gasteiger partial charge is 0.494 e. The SMILES string of the molecule is CCCCCC(Cl)c1cc(Br)ccc1OCC. The minimum atomic E-state index is 0.0422. The summed E-state index contributed by atoms with van der Waals surface area (Å²) in [6.07, 6.45) is 4.64. The van der Waals surface area contributed by atoms with E-state index in [1.807, 2.05) is 19.1 Å². The van der Waals surface area contributed by atoms with E-state index in [2.05, 4.69) is 28.9 Å². The van der Waals surface area contributed by atoms with Crippen LogP contribution in [0.3, 0.4) is 0 Å². The Balaban J connectivity index is 2.74. The Morgan fingerprint density at radius 2 is 2.06 bits per heavy atom. The smallest absolute Gasteiger partial charge is 0.124 e. The van der Waals surface area contributed by atoms with Crippen LogP contribution < -0.4 is 4.74 Å². The van der Waals surface area contributed by atoms with Gasteiger partial charge in [0.15, 0.2) is 0 Å². The lowest BCUT2D eigenvalue weighted by atomic mass is 10.0. The van der Waals surface area contributed by atoms with Gasteiger partial charge in [0.25, 0.3) is 0 Å². The van der Waals surface area contributed by atoms with Crippen LogP contribution in [-0.4, -0.2) is 6.61 Å². The summed E-state index contributed by atoms with van der Waals surface area (Å²) in [6, 6.07) is 6.04. The summed E-state index contributed by atoms with van der Waals surface area (Å²) in [5.41, 5.74) is 1.10. The summed E-state index contributed by atoms with van der Waals surface area (Å²) in [5, 5.41) is 0.0422. The lowest BCUT2D eigenvalue weighted by Crippen LogP contribution is -1.99. The molecule has 1 rings (SSSR count). The standard InChI is InChI=1S/C14H20BrClO/c1-3-5-6-7-13(16)12-10-11(15)8-9-14(12)17-4-2/h8-10,13H,3-7H2,1-2H3. The van der Waals surface area contributed by atoms with Crippen LogP contribution in [0.2, 0.25) is 0 Å². The summed E-state index contributed by atoms with van der Waals surface area (Å²) in [7, 11) is 0. The van der Waals surface area contributed by atoms with Gasteiger partial charge in [-0.05, 0) is 31.5 Å². The van der Waals surface area contributed by atoms with Gasteiger partial charge in [-0.1, -0.05) is 42.1 Å². The first kappa shape index (κ1) is 14.8. The van der Waals surface area contributed by atoms with Crippen LogP contribution in [0.25, 0.3) is 0 Å². The Morgan fingerprint density at radius 3 is 2.71 bits per heavy atom. The average molecular weight is 320 g/mol. The second kappa shape index (κ2) is 7.99. The second-order valence-electron chi connectivity index (χ2n) is 4.08. The normalized spacial score (nSPS) is 12.5. The highest BCUT2D eigenvalue weighted by atomic mass is 79.9. The van der Waals surface area contributed by atoms with E-state index < -0.39 is 0 Å². The van der Waals surface area contributed by atoms with Crippen molar-refractivity contribution in [1.29, 1.82) is 0 Å². The van der Waals surface area contributed by atoms with Gasteiger partial charge in [0.1, 0.15) is 5.75 Å². The van der Waals surface area contributed by atoms with Crippen molar-refractivity contribution in [1.82, 2.24) is 0 Å². The molecule has 0 aliphatic rings. The van der Waals surface area contributed by atoms with E-state index in [1.54, 1.807) is 0 Å². The van der Waals surface area contributed by atoms with Gasteiger partial charge in [0, 0.05) is 10.0 Å². The summed E-state index contributed by atoms with van der Waals surface area (Å²) in [4.78, 5) is 0. The maximum absolute atomic E-state index is 6.45. The highest BCUT2D eigenvalue weighted by Gasteiger charge is 2.13. The number of unbranched alkanes of at least 4 members (excludes halogenated alkanes) is 2. The van der Waals surface area contributed by atoms with Gasteiger partial charge in [-0.25, -0.2) is 0 Å². The lowest BCUT2D eigenvalue weighted by Gasteiger charge is -2.15. The lowest BCUT2D eigenvalue weighted by molar-refractivity contribution is 0.335. The molecule has 0 radical (unpaired) electrons. The molecule has 1 unspecified atom stereocenters. The number of benzene rings is 1. The minimum Gasteiger partial charge on any atom is -0.494 e. The number of alkyl halides is 1. The van der Waals surface area contributed by atoms with E-state index >= 15 is 0 Å². The molecule has 0 aliphatic carbocycles. The van der Waals surface area contributed by atoms with Gasteiger partial charge < -0.3 is 4.74 Å². The maximum atomic E-state index is 6.45. The van der Waals surface area contributed by atoms with Crippen molar-refractivity contribution in [2.24, 2.45) is 0 Å². The van der Waals surface area contributed by atoms with Crippen molar-refractivity contribution in [3.8, 4) is 5.75 Å². The van der Waals surface area contributed by atoms with Crippen molar-refractivity contribution < 1.29 is 4.74 Å². The van der Waals surface area contributed by atoms with Crippen molar-refractivity contribution in [3.05, 3.63) is 28.2 Å². The van der Waals surface area contributed by atoms with Crippen LogP contribution in [0.5, 0.6) is 5.75 Å². The molecule has 0 amide bonds. The Morgan fingerprint density at radius 1 is 1.29 bits per heavy atom. The number of ether oxygens (including phenoxy) is 1. The second-order valence-corrected chi connectivity index (χ2v) is 5.52. The van der Waals surface area contributed by atoms with Crippen LogP contribution in [0.1, 0.15) is 50.5 Å². The third kappa shape index (κ3) is 4.89. The van der Waals surface area contributed by atoms with E-state index in [-0.39, 0.29) is 5.38 Å². The Labute approximate surface area is 118 Å². The fourth-order valence-electron chi connectivity index (χ4n) is 1.78. The van der Waals surface area contributed by atoms with E-state index in [4.69, 9.17) is 16.3 Å². The van der Waals surface area contributed by atoms with E-state index in [0.29, 0.717) is 6.61 Å². The molecule has 0 N–H and O–H groups in total. The van der Waals surface area contributed by atoms with Crippen molar-refractivity contribution in [2.75, 3.05) is 6.61 Å². The summed E-state index contributed by atoms with van der Waals surface area (Å²) < 4.78 is 6.67. The van der Waals surface area contributed by atoms with Crippen LogP contribution in [0.15, 0.2) is 22.7 Å². The highest BCUT2D eigenvalue weighted by Crippen LogP contribution is 2.35. The van der Waals surface area contributed by atoms with E-state index in [0.717, 1.165) is 22.2 Å². The molecule has 96 valence electrons.